The van der Waals surface area contributed by atoms with E-state index in [2.05, 4.69) is 15.1 Å². The molecule has 1 unspecified atom stereocenters. The topological polar surface area (TPSA) is 134 Å². The van der Waals surface area contributed by atoms with E-state index < -0.39 is 40.0 Å². The number of nitrogens with one attached hydrogen (secondary N) is 2. The molecule has 0 aliphatic heterocycles. The number of rotatable bonds is 9. The summed E-state index contributed by atoms with van der Waals surface area (Å²) in [6.07, 6.45) is 0.745. The third-order valence-corrected chi connectivity index (χ3v) is 6.00. The Bertz CT molecular complexity index is 1280. The van der Waals surface area contributed by atoms with Crippen LogP contribution in [0.4, 0.5) is 20.2 Å². The second-order valence-electron chi connectivity index (χ2n) is 7.01. The van der Waals surface area contributed by atoms with Gasteiger partial charge in [-0.15, -0.1) is 0 Å². The van der Waals surface area contributed by atoms with Gasteiger partial charge in [0.05, 0.1) is 17.0 Å². The van der Waals surface area contributed by atoms with E-state index in [9.17, 15) is 27.1 Å². The molecule has 3 rings (SSSR count). The number of carboxylic acids is 1. The van der Waals surface area contributed by atoms with Crippen molar-refractivity contribution in [1.82, 2.24) is 5.43 Å². The number of hydrazine groups is 1. The summed E-state index contributed by atoms with van der Waals surface area (Å²) in [6.45, 7) is 0. The molecule has 5 N–H and O–H groups in total. The van der Waals surface area contributed by atoms with Gasteiger partial charge in [0.2, 0.25) is 0 Å². The molecule has 0 aliphatic carbocycles. The molecule has 0 aliphatic rings. The van der Waals surface area contributed by atoms with Crippen molar-refractivity contribution in [3.05, 3.63) is 89.5 Å². The predicted octanol–water partition coefficient (Wildman–Crippen LogP) is 3.50. The number of carboxylic acid groups (broad SMARTS) is 1. The molecule has 0 aromatic heterocycles. The van der Waals surface area contributed by atoms with Gasteiger partial charge in [-0.1, -0.05) is 18.2 Å². The Balaban J connectivity index is 1.94. The summed E-state index contributed by atoms with van der Waals surface area (Å²) < 4.78 is 55.6. The lowest BCUT2D eigenvalue weighted by Crippen LogP contribution is -2.18. The first-order valence-electron chi connectivity index (χ1n) is 9.57. The van der Waals surface area contributed by atoms with Crippen molar-refractivity contribution in [2.75, 3.05) is 4.72 Å². The average molecular weight is 474 g/mol. The van der Waals surface area contributed by atoms with Crippen molar-refractivity contribution < 1.29 is 27.1 Å². The van der Waals surface area contributed by atoms with E-state index >= 15 is 0 Å². The number of sulfonamides is 1. The first-order valence-corrected chi connectivity index (χ1v) is 11.1. The van der Waals surface area contributed by atoms with Crippen LogP contribution in [0.1, 0.15) is 23.5 Å². The quantitative estimate of drug-likeness (QED) is 0.162. The summed E-state index contributed by atoms with van der Waals surface area (Å²) >= 11 is 0. The monoisotopic (exact) mass is 474 g/mol. The fraction of sp³-hybridized carbons (Fsp3) is 0.0909. The normalized spacial score (nSPS) is 12.5. The highest BCUT2D eigenvalue weighted by molar-refractivity contribution is 7.92. The van der Waals surface area contributed by atoms with Gasteiger partial charge in [-0.05, 0) is 53.6 Å². The van der Waals surface area contributed by atoms with Crippen molar-refractivity contribution in [3.8, 4) is 0 Å². The summed E-state index contributed by atoms with van der Waals surface area (Å²) in [5, 5.41) is 9.31. The minimum Gasteiger partial charge on any atom is -0.481 e. The Hall–Kier alpha value is -3.83. The van der Waals surface area contributed by atoms with Gasteiger partial charge in [0.1, 0.15) is 18.0 Å². The molecule has 0 saturated heterocycles. The van der Waals surface area contributed by atoms with Gasteiger partial charge in [0.15, 0.2) is 0 Å². The van der Waals surface area contributed by atoms with E-state index in [0.717, 1.165) is 12.1 Å². The molecule has 0 saturated carbocycles. The van der Waals surface area contributed by atoms with E-state index in [0.29, 0.717) is 17.3 Å². The fourth-order valence-electron chi connectivity index (χ4n) is 3.25. The van der Waals surface area contributed by atoms with E-state index in [1.165, 1.54) is 42.7 Å². The van der Waals surface area contributed by atoms with Crippen LogP contribution in [0.15, 0.2) is 76.6 Å². The van der Waals surface area contributed by atoms with Gasteiger partial charge < -0.3 is 10.5 Å². The van der Waals surface area contributed by atoms with Crippen LogP contribution in [0, 0.1) is 11.6 Å². The molecule has 33 heavy (non-hydrogen) atoms. The number of aliphatic imine (C=N–C) groups is 1. The van der Waals surface area contributed by atoms with Gasteiger partial charge in [-0.2, -0.15) is 0 Å². The lowest BCUT2D eigenvalue weighted by molar-refractivity contribution is -0.137. The van der Waals surface area contributed by atoms with Gasteiger partial charge in [0, 0.05) is 17.7 Å². The highest BCUT2D eigenvalue weighted by Gasteiger charge is 2.21. The zero-order valence-electron chi connectivity index (χ0n) is 17.1. The molecule has 3 aromatic carbocycles. The van der Waals surface area contributed by atoms with Crippen molar-refractivity contribution in [3.63, 3.8) is 0 Å². The summed E-state index contributed by atoms with van der Waals surface area (Å²) in [7, 11) is -4.02. The number of carbonyl (C=O) groups is 1. The Morgan fingerprint density at radius 1 is 1.03 bits per heavy atom. The van der Waals surface area contributed by atoms with Crippen LogP contribution in [0.3, 0.4) is 0 Å². The first-order chi connectivity index (χ1) is 15.7. The maximum absolute atomic E-state index is 13.7. The second-order valence-corrected chi connectivity index (χ2v) is 8.69. The maximum atomic E-state index is 13.7. The van der Waals surface area contributed by atoms with Gasteiger partial charge >= 0.3 is 5.97 Å². The van der Waals surface area contributed by atoms with E-state index in [-0.39, 0.29) is 16.1 Å². The number of nitrogens with zero attached hydrogens (tertiary/aromatic N) is 1. The second kappa shape index (κ2) is 10.2. The van der Waals surface area contributed by atoms with Crippen LogP contribution in [-0.4, -0.2) is 25.8 Å². The van der Waals surface area contributed by atoms with Gasteiger partial charge in [-0.3, -0.25) is 9.52 Å². The molecule has 0 fully saturated rings. The smallest absolute Gasteiger partial charge is 0.304 e. The number of benzene rings is 3. The number of aliphatic carboxylic acids is 1. The predicted molar refractivity (Wildman–Crippen MR) is 120 cm³/mol. The van der Waals surface area contributed by atoms with E-state index in [1.54, 1.807) is 12.1 Å². The zero-order valence-corrected chi connectivity index (χ0v) is 17.9. The summed E-state index contributed by atoms with van der Waals surface area (Å²) in [5.41, 5.74) is 3.21. The lowest BCUT2D eigenvalue weighted by Gasteiger charge is -2.18. The Labute approximate surface area is 188 Å². The van der Waals surface area contributed by atoms with Crippen molar-refractivity contribution in [2.45, 2.75) is 17.2 Å². The maximum Gasteiger partial charge on any atom is 0.304 e. The van der Waals surface area contributed by atoms with E-state index in [1.807, 2.05) is 0 Å². The lowest BCUT2D eigenvalue weighted by atomic mass is 9.88. The minimum absolute atomic E-state index is 0.0612. The van der Waals surface area contributed by atoms with Crippen molar-refractivity contribution in [1.29, 1.82) is 0 Å². The van der Waals surface area contributed by atoms with E-state index in [4.69, 9.17) is 5.84 Å². The Kier molecular flexibility index (Phi) is 7.36. The molecule has 0 amide bonds. The zero-order chi connectivity index (χ0) is 24.0. The Morgan fingerprint density at radius 3 is 2.39 bits per heavy atom. The van der Waals surface area contributed by atoms with Crippen LogP contribution in [0.2, 0.25) is 0 Å². The average Bonchev–Trinajstić information content (AvgIpc) is 2.75. The molecule has 3 aromatic rings. The molecule has 1 atom stereocenters. The standard InChI is InChI=1S/C22H20F2N4O4S/c23-16-7-15(8-17(24)10-16)21(12-22(29)30)14-3-1-5-19(9-14)28-33(31,32)20-6-2-4-18(11-20)26-13-27-25/h1-11,13,21,28H,12,25H2,(H,26,27)(H,29,30). The highest BCUT2D eigenvalue weighted by Crippen LogP contribution is 2.31. The molecule has 0 spiro atoms. The largest absolute Gasteiger partial charge is 0.481 e. The SMILES string of the molecule is NNC=Nc1cccc(S(=O)(=O)Nc2cccc(C(CC(=O)O)c3cc(F)cc(F)c3)c2)c1. The number of hydrogen-bond acceptors (Lipinski definition) is 5. The fourth-order valence-corrected chi connectivity index (χ4v) is 4.34. The van der Waals surface area contributed by atoms with Crippen LogP contribution in [0.5, 0.6) is 0 Å². The highest BCUT2D eigenvalue weighted by atomic mass is 32.2. The van der Waals surface area contributed by atoms with Crippen molar-refractivity contribution in [2.24, 2.45) is 10.8 Å². The number of halogens is 2. The molecule has 172 valence electrons. The molecule has 0 bridgehead atoms. The van der Waals surface area contributed by atoms with Crippen molar-refractivity contribution >= 4 is 33.7 Å². The molecule has 0 heterocycles. The van der Waals surface area contributed by atoms with Crippen LogP contribution in [-0.2, 0) is 14.8 Å². The molecule has 0 radical (unpaired) electrons. The van der Waals surface area contributed by atoms with Gasteiger partial charge in [-0.25, -0.2) is 28.0 Å². The Morgan fingerprint density at radius 2 is 1.73 bits per heavy atom. The van der Waals surface area contributed by atoms with Crippen LogP contribution < -0.4 is 16.0 Å². The molecular formula is C22H20F2N4O4S. The molecule has 11 heteroatoms. The number of hydrogen-bond donors (Lipinski definition) is 4. The number of anilines is 1. The molecular weight excluding hydrogens is 454 g/mol. The summed E-state index contributed by atoms with van der Waals surface area (Å²) in [6, 6.07) is 14.6. The third kappa shape index (κ3) is 6.34. The minimum atomic E-state index is -4.02. The summed E-state index contributed by atoms with van der Waals surface area (Å²) in [4.78, 5) is 15.3. The number of nitrogens with two attached hydrogens (primary N) is 1. The van der Waals surface area contributed by atoms with Gasteiger partial charge in [0.25, 0.3) is 10.0 Å². The van der Waals surface area contributed by atoms with Crippen LogP contribution >= 0.6 is 0 Å². The molecule has 8 nitrogen and oxygen atoms in total. The third-order valence-electron chi connectivity index (χ3n) is 4.62. The van der Waals surface area contributed by atoms with Crippen LogP contribution in [0.25, 0.3) is 0 Å². The summed E-state index contributed by atoms with van der Waals surface area (Å²) in [5.74, 6) is 1.35. The first kappa shape index (κ1) is 23.8.